The first kappa shape index (κ1) is 17.2. The van der Waals surface area contributed by atoms with Gasteiger partial charge in [0.15, 0.2) is 0 Å². The Morgan fingerprint density at radius 3 is 2.43 bits per heavy atom. The zero-order valence-corrected chi connectivity index (χ0v) is 13.7. The lowest BCUT2D eigenvalue weighted by atomic mass is 10.0. The zero-order chi connectivity index (χ0) is 16.9. The van der Waals surface area contributed by atoms with Gasteiger partial charge in [0.1, 0.15) is 0 Å². The van der Waals surface area contributed by atoms with Crippen LogP contribution in [-0.4, -0.2) is 41.0 Å². The van der Waals surface area contributed by atoms with E-state index in [4.69, 9.17) is 0 Å². The van der Waals surface area contributed by atoms with Crippen LogP contribution < -0.4 is 5.32 Å². The normalized spacial score (nSPS) is 16.5. The predicted molar refractivity (Wildman–Crippen MR) is 90.8 cm³/mol. The number of hydrogen-bond donors (Lipinski definition) is 2. The van der Waals surface area contributed by atoms with Crippen LogP contribution in [0, 0.1) is 0 Å². The summed E-state index contributed by atoms with van der Waals surface area (Å²) in [6.45, 7) is 1.83. The summed E-state index contributed by atoms with van der Waals surface area (Å²) in [4.78, 5) is 24.7. The minimum absolute atomic E-state index is 0.116. The van der Waals surface area contributed by atoms with E-state index in [1.165, 1.54) is 13.0 Å². The molecule has 5 nitrogen and oxygen atoms in total. The lowest BCUT2D eigenvalue weighted by molar-refractivity contribution is -0.127. The van der Waals surface area contributed by atoms with Gasteiger partial charge in [-0.15, -0.1) is 0 Å². The number of rotatable bonds is 5. The molecule has 0 atom stereocenters. The molecule has 0 radical (unpaired) electrons. The van der Waals surface area contributed by atoms with Crippen molar-refractivity contribution in [1.82, 2.24) is 4.90 Å². The molecule has 0 unspecified atom stereocenters. The van der Waals surface area contributed by atoms with Gasteiger partial charge in [-0.3, -0.25) is 9.59 Å². The molecule has 1 saturated carbocycles. The van der Waals surface area contributed by atoms with Gasteiger partial charge in [-0.25, -0.2) is 0 Å². The van der Waals surface area contributed by atoms with Gasteiger partial charge in [-0.1, -0.05) is 25.0 Å². The smallest absolute Gasteiger partial charge is 0.246 e. The monoisotopic (exact) mass is 316 g/mol. The number of amides is 2. The van der Waals surface area contributed by atoms with E-state index in [1.807, 2.05) is 12.1 Å². The molecule has 2 rings (SSSR count). The van der Waals surface area contributed by atoms with E-state index in [0.29, 0.717) is 6.54 Å². The first-order valence-electron chi connectivity index (χ1n) is 7.91. The maximum absolute atomic E-state index is 12.1. The molecule has 1 aliphatic carbocycles. The zero-order valence-electron chi connectivity index (χ0n) is 13.7. The molecule has 0 aromatic heterocycles. The Kier molecular flexibility index (Phi) is 5.55. The van der Waals surface area contributed by atoms with Crippen LogP contribution in [-0.2, 0) is 9.59 Å². The second kappa shape index (κ2) is 7.42. The fourth-order valence-electron chi connectivity index (χ4n) is 2.89. The Morgan fingerprint density at radius 1 is 1.26 bits per heavy atom. The SMILES string of the molecule is CC(=O)Nc1ccc(/C=C/C(=O)N(C)CC2(O)CCCC2)cc1. The molecule has 124 valence electrons. The number of hydrogen-bond acceptors (Lipinski definition) is 3. The molecule has 5 heteroatoms. The van der Waals surface area contributed by atoms with Gasteiger partial charge >= 0.3 is 0 Å². The minimum Gasteiger partial charge on any atom is -0.388 e. The van der Waals surface area contributed by atoms with Crippen molar-refractivity contribution in [3.05, 3.63) is 35.9 Å². The van der Waals surface area contributed by atoms with Crippen molar-refractivity contribution >= 4 is 23.6 Å². The molecule has 2 N–H and O–H groups in total. The van der Waals surface area contributed by atoms with E-state index < -0.39 is 5.60 Å². The third-order valence-corrected chi connectivity index (χ3v) is 4.09. The van der Waals surface area contributed by atoms with Crippen molar-refractivity contribution in [1.29, 1.82) is 0 Å². The lowest BCUT2D eigenvalue weighted by Crippen LogP contribution is -2.41. The van der Waals surface area contributed by atoms with Gasteiger partial charge in [-0.05, 0) is 36.6 Å². The van der Waals surface area contributed by atoms with E-state index in [0.717, 1.165) is 36.9 Å². The Hall–Kier alpha value is -2.14. The van der Waals surface area contributed by atoms with Crippen LogP contribution in [0.5, 0.6) is 0 Å². The van der Waals surface area contributed by atoms with Crippen molar-refractivity contribution in [2.75, 3.05) is 18.9 Å². The van der Waals surface area contributed by atoms with Crippen LogP contribution >= 0.6 is 0 Å². The maximum atomic E-state index is 12.1. The first-order valence-corrected chi connectivity index (χ1v) is 7.91. The van der Waals surface area contributed by atoms with Crippen LogP contribution in [0.4, 0.5) is 5.69 Å². The summed E-state index contributed by atoms with van der Waals surface area (Å²) in [5, 5.41) is 13.0. The highest BCUT2D eigenvalue weighted by Gasteiger charge is 2.32. The minimum atomic E-state index is -0.724. The van der Waals surface area contributed by atoms with Crippen molar-refractivity contribution in [2.24, 2.45) is 0 Å². The average molecular weight is 316 g/mol. The van der Waals surface area contributed by atoms with Gasteiger partial charge in [0, 0.05) is 32.3 Å². The predicted octanol–water partition coefficient (Wildman–Crippen LogP) is 2.42. The van der Waals surface area contributed by atoms with Crippen LogP contribution in [0.25, 0.3) is 6.08 Å². The van der Waals surface area contributed by atoms with Gasteiger partial charge < -0.3 is 15.3 Å². The Morgan fingerprint density at radius 2 is 1.87 bits per heavy atom. The molecule has 0 heterocycles. The fraction of sp³-hybridized carbons (Fsp3) is 0.444. The number of benzene rings is 1. The Balaban J connectivity index is 1.90. The second-order valence-corrected chi connectivity index (χ2v) is 6.26. The molecule has 1 aliphatic rings. The molecule has 0 aliphatic heterocycles. The van der Waals surface area contributed by atoms with Crippen molar-refractivity contribution in [2.45, 2.75) is 38.2 Å². The summed E-state index contributed by atoms with van der Waals surface area (Å²) in [6, 6.07) is 7.24. The average Bonchev–Trinajstić information content (AvgIpc) is 2.92. The van der Waals surface area contributed by atoms with E-state index in [2.05, 4.69) is 5.32 Å². The number of nitrogens with one attached hydrogen (secondary N) is 1. The molecular weight excluding hydrogens is 292 g/mol. The summed E-state index contributed by atoms with van der Waals surface area (Å²) in [5.41, 5.74) is 0.875. The maximum Gasteiger partial charge on any atom is 0.246 e. The van der Waals surface area contributed by atoms with E-state index in [1.54, 1.807) is 30.2 Å². The standard InChI is InChI=1S/C18H24N2O3/c1-14(21)19-16-8-5-15(6-9-16)7-10-17(22)20(2)13-18(23)11-3-4-12-18/h5-10,23H,3-4,11-13H2,1-2H3,(H,19,21)/b10-7+. The van der Waals surface area contributed by atoms with Gasteiger partial charge in [0.2, 0.25) is 11.8 Å². The fourth-order valence-corrected chi connectivity index (χ4v) is 2.89. The number of anilines is 1. The first-order chi connectivity index (χ1) is 10.9. The van der Waals surface area contributed by atoms with Crippen molar-refractivity contribution in [3.8, 4) is 0 Å². The molecule has 1 fully saturated rings. The van der Waals surface area contributed by atoms with Crippen molar-refractivity contribution < 1.29 is 14.7 Å². The van der Waals surface area contributed by atoms with Gasteiger partial charge in [0.05, 0.1) is 5.60 Å². The number of carbonyl (C=O) groups is 2. The highest BCUT2D eigenvalue weighted by molar-refractivity contribution is 5.92. The largest absolute Gasteiger partial charge is 0.388 e. The topological polar surface area (TPSA) is 69.6 Å². The number of aliphatic hydroxyl groups is 1. The Labute approximate surface area is 137 Å². The van der Waals surface area contributed by atoms with Crippen LogP contribution in [0.3, 0.4) is 0 Å². The lowest BCUT2D eigenvalue weighted by Gasteiger charge is -2.27. The van der Waals surface area contributed by atoms with Crippen molar-refractivity contribution in [3.63, 3.8) is 0 Å². The van der Waals surface area contributed by atoms with Crippen LogP contribution in [0.1, 0.15) is 38.2 Å². The third-order valence-electron chi connectivity index (χ3n) is 4.09. The summed E-state index contributed by atoms with van der Waals surface area (Å²) in [5.74, 6) is -0.244. The van der Waals surface area contributed by atoms with Gasteiger partial charge in [-0.2, -0.15) is 0 Å². The molecular formula is C18H24N2O3. The summed E-state index contributed by atoms with van der Waals surface area (Å²) >= 11 is 0. The molecule has 23 heavy (non-hydrogen) atoms. The molecule has 1 aromatic carbocycles. The Bertz CT molecular complexity index is 587. The van der Waals surface area contributed by atoms with E-state index >= 15 is 0 Å². The number of nitrogens with zero attached hydrogens (tertiary/aromatic N) is 1. The highest BCUT2D eigenvalue weighted by Crippen LogP contribution is 2.29. The molecule has 2 amide bonds. The number of likely N-dealkylation sites (N-methyl/N-ethyl adjacent to an activating group) is 1. The summed E-state index contributed by atoms with van der Waals surface area (Å²) in [6.07, 6.45) is 6.81. The summed E-state index contributed by atoms with van der Waals surface area (Å²) < 4.78 is 0. The third kappa shape index (κ3) is 5.21. The summed E-state index contributed by atoms with van der Waals surface area (Å²) in [7, 11) is 1.71. The molecule has 0 bridgehead atoms. The van der Waals surface area contributed by atoms with E-state index in [-0.39, 0.29) is 11.8 Å². The highest BCUT2D eigenvalue weighted by atomic mass is 16.3. The quantitative estimate of drug-likeness (QED) is 0.820. The van der Waals surface area contributed by atoms with Crippen LogP contribution in [0.15, 0.2) is 30.3 Å². The molecule has 0 spiro atoms. The molecule has 1 aromatic rings. The number of carbonyl (C=O) groups excluding carboxylic acids is 2. The van der Waals surface area contributed by atoms with E-state index in [9.17, 15) is 14.7 Å². The molecule has 0 saturated heterocycles. The van der Waals surface area contributed by atoms with Crippen LogP contribution in [0.2, 0.25) is 0 Å². The van der Waals surface area contributed by atoms with Gasteiger partial charge in [0.25, 0.3) is 0 Å². The second-order valence-electron chi connectivity index (χ2n) is 6.26.